The van der Waals surface area contributed by atoms with E-state index in [2.05, 4.69) is 193 Å². The summed E-state index contributed by atoms with van der Waals surface area (Å²) >= 11 is 1.86. The maximum Gasteiger partial charge on any atom is 0.0540 e. The second kappa shape index (κ2) is 11.7. The fourth-order valence-corrected chi connectivity index (χ4v) is 8.57. The van der Waals surface area contributed by atoms with E-state index < -0.39 is 0 Å². The molecule has 0 atom stereocenters. The Balaban J connectivity index is 1.08. The molecule has 0 N–H and O–H groups in total. The fraction of sp³-hybridized carbons (Fsp3) is 0. The average molecular weight is 654 g/mol. The molecule has 0 unspecified atom stereocenters. The molecular formula is C48H31NS. The lowest BCUT2D eigenvalue weighted by molar-refractivity contribution is 1.31. The van der Waals surface area contributed by atoms with Gasteiger partial charge in [-0.1, -0.05) is 127 Å². The summed E-state index contributed by atoms with van der Waals surface area (Å²) in [6, 6.07) is 68.9. The zero-order valence-electron chi connectivity index (χ0n) is 27.3. The molecule has 1 heterocycles. The maximum atomic E-state index is 2.43. The van der Waals surface area contributed by atoms with E-state index in [4.69, 9.17) is 0 Å². The molecule has 1 nitrogen and oxygen atoms in total. The van der Waals surface area contributed by atoms with E-state index in [-0.39, 0.29) is 0 Å². The first-order valence-electron chi connectivity index (χ1n) is 17.1. The second-order valence-electron chi connectivity index (χ2n) is 13.0. The number of rotatable bonds is 5. The van der Waals surface area contributed by atoms with Gasteiger partial charge in [-0.3, -0.25) is 0 Å². The molecule has 0 amide bonds. The van der Waals surface area contributed by atoms with Gasteiger partial charge in [0.25, 0.3) is 0 Å². The van der Waals surface area contributed by atoms with Gasteiger partial charge in [0, 0.05) is 36.9 Å². The molecule has 1 aromatic heterocycles. The van der Waals surface area contributed by atoms with Crippen molar-refractivity contribution >= 4 is 80.9 Å². The molecule has 0 aliphatic rings. The number of thiophene rings is 1. The van der Waals surface area contributed by atoms with Crippen LogP contribution < -0.4 is 4.90 Å². The van der Waals surface area contributed by atoms with Crippen LogP contribution in [0.4, 0.5) is 17.1 Å². The van der Waals surface area contributed by atoms with Crippen molar-refractivity contribution in [2.24, 2.45) is 0 Å². The summed E-state index contributed by atoms with van der Waals surface area (Å²) in [6.45, 7) is 0. The Labute approximate surface area is 294 Å². The van der Waals surface area contributed by atoms with Crippen LogP contribution in [0.25, 0.3) is 74.7 Å². The van der Waals surface area contributed by atoms with Crippen LogP contribution in [0, 0.1) is 0 Å². The Morgan fingerprint density at radius 2 is 0.840 bits per heavy atom. The number of benzene rings is 9. The molecule has 10 aromatic rings. The first-order valence-corrected chi connectivity index (χ1v) is 17.9. The summed E-state index contributed by atoms with van der Waals surface area (Å²) in [6.07, 6.45) is 0. The number of fused-ring (bicyclic) bond motifs is 6. The molecule has 2 heteroatoms. The molecule has 0 saturated carbocycles. The smallest absolute Gasteiger partial charge is 0.0540 e. The Hall–Kier alpha value is -6.22. The predicted molar refractivity (Wildman–Crippen MR) is 217 cm³/mol. The molecule has 0 aliphatic carbocycles. The number of nitrogens with zero attached hydrogens (tertiary/aromatic N) is 1. The summed E-state index contributed by atoms with van der Waals surface area (Å²) in [4.78, 5) is 2.43. The summed E-state index contributed by atoms with van der Waals surface area (Å²) in [5.41, 5.74) is 8.35. The predicted octanol–water partition coefficient (Wildman–Crippen LogP) is 14.3. The third-order valence-electron chi connectivity index (χ3n) is 9.99. The zero-order valence-corrected chi connectivity index (χ0v) is 28.1. The molecular weight excluding hydrogens is 623 g/mol. The summed E-state index contributed by atoms with van der Waals surface area (Å²) in [5.74, 6) is 0. The lowest BCUT2D eigenvalue weighted by Crippen LogP contribution is -2.10. The molecule has 50 heavy (non-hydrogen) atoms. The molecule has 0 saturated heterocycles. The first kappa shape index (κ1) is 28.8. The van der Waals surface area contributed by atoms with E-state index in [1.54, 1.807) is 0 Å². The van der Waals surface area contributed by atoms with Crippen LogP contribution in [0.5, 0.6) is 0 Å². The second-order valence-corrected chi connectivity index (χ2v) is 14.1. The van der Waals surface area contributed by atoms with E-state index in [0.29, 0.717) is 0 Å². The van der Waals surface area contributed by atoms with Crippen molar-refractivity contribution in [2.75, 3.05) is 4.90 Å². The van der Waals surface area contributed by atoms with Gasteiger partial charge in [0.2, 0.25) is 0 Å². The van der Waals surface area contributed by atoms with Gasteiger partial charge in [0.1, 0.15) is 0 Å². The van der Waals surface area contributed by atoms with E-state index in [1.165, 1.54) is 80.4 Å². The summed E-state index contributed by atoms with van der Waals surface area (Å²) in [5, 5.41) is 10.0. The Bertz CT molecular complexity index is 2890. The van der Waals surface area contributed by atoms with Crippen molar-refractivity contribution in [1.82, 2.24) is 0 Å². The van der Waals surface area contributed by atoms with Gasteiger partial charge in [0.15, 0.2) is 0 Å². The van der Waals surface area contributed by atoms with Crippen molar-refractivity contribution in [3.05, 3.63) is 188 Å². The minimum Gasteiger partial charge on any atom is -0.310 e. The van der Waals surface area contributed by atoms with Crippen LogP contribution in [-0.4, -0.2) is 0 Å². The highest BCUT2D eigenvalue weighted by Crippen LogP contribution is 2.43. The Kier molecular flexibility index (Phi) is 6.75. The van der Waals surface area contributed by atoms with Crippen LogP contribution in [0.1, 0.15) is 0 Å². The third-order valence-corrected chi connectivity index (χ3v) is 11.1. The fourth-order valence-electron chi connectivity index (χ4n) is 7.48. The average Bonchev–Trinajstić information content (AvgIpc) is 3.56. The molecule has 0 aliphatic heterocycles. The lowest BCUT2D eigenvalue weighted by Gasteiger charge is -2.27. The molecule has 9 aromatic carbocycles. The standard InChI is InChI=1S/C48H31NS/c1-2-11-34-27-37(20-19-32(34)9-1)35-13-7-14-36(28-35)38-21-22-40-30-41(24-23-39(40)29-38)49(46-17-8-12-33-10-3-4-15-43(33)46)42-25-26-48-45(31-42)44-16-5-6-18-47(44)50-48/h1-31H. The molecule has 0 fully saturated rings. The highest BCUT2D eigenvalue weighted by atomic mass is 32.1. The van der Waals surface area contributed by atoms with Crippen LogP contribution >= 0.6 is 11.3 Å². The topological polar surface area (TPSA) is 3.24 Å². The number of hydrogen-bond acceptors (Lipinski definition) is 2. The van der Waals surface area contributed by atoms with Crippen molar-refractivity contribution in [3.8, 4) is 22.3 Å². The van der Waals surface area contributed by atoms with Crippen molar-refractivity contribution < 1.29 is 0 Å². The zero-order chi connectivity index (χ0) is 33.0. The molecule has 0 bridgehead atoms. The molecule has 10 rings (SSSR count). The molecule has 0 spiro atoms. The molecule has 234 valence electrons. The van der Waals surface area contributed by atoms with Gasteiger partial charge >= 0.3 is 0 Å². The number of hydrogen-bond donors (Lipinski definition) is 0. The van der Waals surface area contributed by atoms with E-state index >= 15 is 0 Å². The van der Waals surface area contributed by atoms with Crippen LogP contribution in [0.3, 0.4) is 0 Å². The van der Waals surface area contributed by atoms with Crippen molar-refractivity contribution in [3.63, 3.8) is 0 Å². The van der Waals surface area contributed by atoms with E-state index in [1.807, 2.05) is 11.3 Å². The summed E-state index contributed by atoms with van der Waals surface area (Å²) in [7, 11) is 0. The maximum absolute atomic E-state index is 2.43. The third kappa shape index (κ3) is 4.92. The van der Waals surface area contributed by atoms with Gasteiger partial charge in [-0.2, -0.15) is 0 Å². The van der Waals surface area contributed by atoms with E-state index in [9.17, 15) is 0 Å². The molecule has 0 radical (unpaired) electrons. The number of anilines is 3. The first-order chi connectivity index (χ1) is 24.7. The van der Waals surface area contributed by atoms with Gasteiger partial charge in [-0.15, -0.1) is 11.3 Å². The van der Waals surface area contributed by atoms with Gasteiger partial charge in [-0.05, 0) is 110 Å². The van der Waals surface area contributed by atoms with Crippen molar-refractivity contribution in [2.45, 2.75) is 0 Å². The van der Waals surface area contributed by atoms with Gasteiger partial charge in [-0.25, -0.2) is 0 Å². The van der Waals surface area contributed by atoms with Gasteiger partial charge in [0.05, 0.1) is 5.69 Å². The highest BCUT2D eigenvalue weighted by molar-refractivity contribution is 7.25. The highest BCUT2D eigenvalue weighted by Gasteiger charge is 2.18. The summed E-state index contributed by atoms with van der Waals surface area (Å²) < 4.78 is 2.63. The Morgan fingerprint density at radius 1 is 0.300 bits per heavy atom. The van der Waals surface area contributed by atoms with Crippen LogP contribution in [-0.2, 0) is 0 Å². The van der Waals surface area contributed by atoms with Crippen molar-refractivity contribution in [1.29, 1.82) is 0 Å². The lowest BCUT2D eigenvalue weighted by atomic mass is 9.96. The van der Waals surface area contributed by atoms with Crippen LogP contribution in [0.2, 0.25) is 0 Å². The van der Waals surface area contributed by atoms with Crippen LogP contribution in [0.15, 0.2) is 188 Å². The largest absolute Gasteiger partial charge is 0.310 e. The SMILES string of the molecule is c1cc(-c2ccc3ccccc3c2)cc(-c2ccc3cc(N(c4ccc5sc6ccccc6c5c4)c4cccc5ccccc45)ccc3c2)c1. The minimum atomic E-state index is 1.14. The quantitative estimate of drug-likeness (QED) is 0.179. The normalized spacial score (nSPS) is 11.6. The monoisotopic (exact) mass is 653 g/mol. The minimum absolute atomic E-state index is 1.14. The van der Waals surface area contributed by atoms with E-state index in [0.717, 1.165) is 11.4 Å². The Morgan fingerprint density at radius 3 is 1.68 bits per heavy atom. The van der Waals surface area contributed by atoms with Gasteiger partial charge < -0.3 is 4.90 Å².